The maximum absolute atomic E-state index is 15.4. The molecule has 0 spiro atoms. The van der Waals surface area contributed by atoms with E-state index in [-0.39, 0.29) is 16.3 Å². The molecule has 1 aromatic heterocycles. The molecule has 0 saturated carbocycles. The Bertz CT molecular complexity index is 2000. The highest BCUT2D eigenvalue weighted by atomic mass is 32.2. The number of methoxy groups -OCH3 is 2. The number of nitriles is 1. The van der Waals surface area contributed by atoms with Gasteiger partial charge in [-0.3, -0.25) is 14.7 Å². The number of nitrogens with zero attached hydrogens (tertiary/aromatic N) is 5. The van der Waals surface area contributed by atoms with Crippen molar-refractivity contribution in [3.05, 3.63) is 101 Å². The highest BCUT2D eigenvalue weighted by Crippen LogP contribution is 2.53. The molecule has 3 heterocycles. The largest absolute Gasteiger partial charge is 0.497 e. The van der Waals surface area contributed by atoms with Crippen molar-refractivity contribution in [2.75, 3.05) is 56.2 Å². The normalized spacial score (nSPS) is 17.9. The molecule has 1 atom stereocenters. The summed E-state index contributed by atoms with van der Waals surface area (Å²) < 4.78 is 47.2. The van der Waals surface area contributed by atoms with Crippen molar-refractivity contribution in [2.45, 2.75) is 30.7 Å². The Morgan fingerprint density at radius 1 is 0.896 bits per heavy atom. The number of carbonyl (C=O) groups excluding carboxylic acids is 1. The quantitative estimate of drug-likeness (QED) is 0.234. The van der Waals surface area contributed by atoms with Crippen LogP contribution in [0.1, 0.15) is 36.2 Å². The average Bonchev–Trinajstić information content (AvgIpc) is 3.39. The van der Waals surface area contributed by atoms with E-state index < -0.39 is 21.5 Å². The first-order valence-corrected chi connectivity index (χ1v) is 17.2. The fraction of sp³-hybridized carbons (Fsp3) is 0.306. The van der Waals surface area contributed by atoms with E-state index >= 15 is 4.79 Å². The van der Waals surface area contributed by atoms with Crippen molar-refractivity contribution < 1.29 is 27.4 Å². The number of hydrogen-bond donors (Lipinski definition) is 0. The lowest BCUT2D eigenvalue weighted by Crippen LogP contribution is -2.60. The van der Waals surface area contributed by atoms with Crippen molar-refractivity contribution in [3.8, 4) is 23.3 Å². The van der Waals surface area contributed by atoms with E-state index in [1.165, 1.54) is 44.6 Å². The molecule has 248 valence electrons. The Hall–Kier alpha value is -5.12. The van der Waals surface area contributed by atoms with Gasteiger partial charge in [-0.1, -0.05) is 25.1 Å². The topological polar surface area (TPSA) is 125 Å². The molecule has 48 heavy (non-hydrogen) atoms. The van der Waals surface area contributed by atoms with Gasteiger partial charge in [0.05, 0.1) is 38.1 Å². The number of sulfonamides is 1. The number of benzene rings is 3. The Kier molecular flexibility index (Phi) is 9.01. The molecule has 0 N–H and O–H groups in total. The van der Waals surface area contributed by atoms with E-state index in [0.29, 0.717) is 61.0 Å². The van der Waals surface area contributed by atoms with Crippen LogP contribution >= 0.6 is 0 Å². The fourth-order valence-corrected chi connectivity index (χ4v) is 8.31. The first kappa shape index (κ1) is 32.8. The first-order valence-electron chi connectivity index (χ1n) is 15.8. The maximum Gasteiger partial charge on any atom is 0.274 e. The van der Waals surface area contributed by atoms with Gasteiger partial charge >= 0.3 is 0 Å². The van der Waals surface area contributed by atoms with Gasteiger partial charge in [0.25, 0.3) is 15.9 Å². The number of carbonyl (C=O) groups is 1. The van der Waals surface area contributed by atoms with Crippen molar-refractivity contribution in [1.29, 1.82) is 5.26 Å². The van der Waals surface area contributed by atoms with Crippen LogP contribution in [0.3, 0.4) is 0 Å². The van der Waals surface area contributed by atoms with Crippen LogP contribution in [0, 0.1) is 11.3 Å². The molecule has 1 fully saturated rings. The Morgan fingerprint density at radius 2 is 1.67 bits per heavy atom. The number of aromatic nitrogens is 1. The van der Waals surface area contributed by atoms with E-state index in [4.69, 9.17) is 14.2 Å². The number of rotatable bonds is 10. The summed E-state index contributed by atoms with van der Waals surface area (Å²) in [7, 11) is -1.73. The number of anilines is 2. The number of fused-ring (bicyclic) bond motifs is 1. The SMILES string of the molecule is CCOc1ccccc1C1(N2CCN(c3ccnc(CC)c3)CC2)C(=O)N(S(=O)(=O)c2ccc(OC)cc2OC)c2ccc(C#N)cc21. The zero-order valence-corrected chi connectivity index (χ0v) is 28.2. The number of ether oxygens (including phenoxy) is 3. The maximum atomic E-state index is 15.4. The van der Waals surface area contributed by atoms with Crippen LogP contribution in [0.15, 0.2) is 83.9 Å². The molecule has 2 aliphatic rings. The number of pyridine rings is 1. The predicted molar refractivity (Wildman–Crippen MR) is 181 cm³/mol. The lowest BCUT2D eigenvalue weighted by molar-refractivity contribution is -0.127. The first-order chi connectivity index (χ1) is 23.2. The van der Waals surface area contributed by atoms with Crippen molar-refractivity contribution in [1.82, 2.24) is 9.88 Å². The molecule has 0 aliphatic carbocycles. The summed E-state index contributed by atoms with van der Waals surface area (Å²) in [6, 6.07) is 22.5. The Balaban J connectivity index is 1.56. The van der Waals surface area contributed by atoms with Gasteiger partial charge in [-0.15, -0.1) is 0 Å². The second-order valence-corrected chi connectivity index (χ2v) is 13.2. The second kappa shape index (κ2) is 13.2. The van der Waals surface area contributed by atoms with E-state index in [0.717, 1.165) is 22.1 Å². The molecule has 1 unspecified atom stereocenters. The summed E-state index contributed by atoms with van der Waals surface area (Å²) in [5.74, 6) is 0.188. The van der Waals surface area contributed by atoms with Crippen LogP contribution in [-0.4, -0.2) is 71.2 Å². The highest BCUT2D eigenvalue weighted by molar-refractivity contribution is 7.93. The smallest absolute Gasteiger partial charge is 0.274 e. The number of amides is 1. The Morgan fingerprint density at radius 3 is 2.35 bits per heavy atom. The molecule has 6 rings (SSSR count). The molecule has 1 amide bonds. The van der Waals surface area contributed by atoms with Crippen LogP contribution < -0.4 is 23.4 Å². The molecular weight excluding hydrogens is 630 g/mol. The molecule has 1 saturated heterocycles. The van der Waals surface area contributed by atoms with Gasteiger partial charge in [0.15, 0.2) is 5.54 Å². The molecule has 11 nitrogen and oxygen atoms in total. The predicted octanol–water partition coefficient (Wildman–Crippen LogP) is 4.73. The number of hydrogen-bond acceptors (Lipinski definition) is 10. The van der Waals surface area contributed by atoms with E-state index in [1.54, 1.807) is 24.4 Å². The van der Waals surface area contributed by atoms with Crippen molar-refractivity contribution >= 4 is 27.3 Å². The average molecular weight is 668 g/mol. The molecule has 12 heteroatoms. The van der Waals surface area contributed by atoms with Gasteiger partial charge in [0.2, 0.25) is 0 Å². The fourth-order valence-electron chi connectivity index (χ4n) is 6.71. The number of piperazine rings is 1. The standard InChI is InChI=1S/C36H37N5O6S/c1-5-26-22-27(15-16-38-26)39-17-19-40(20-18-39)36(29-9-7-8-10-32(29)47-6-2)30-21-25(24-37)11-13-31(30)41(35(36)42)48(43,44)34-14-12-28(45-3)23-33(34)46-4/h7-16,21-23H,5-6,17-20H2,1-4H3. The van der Waals surface area contributed by atoms with E-state index in [1.807, 2.05) is 30.0 Å². The van der Waals surface area contributed by atoms with Crippen molar-refractivity contribution in [2.24, 2.45) is 0 Å². The third-order valence-corrected chi connectivity index (χ3v) is 10.7. The van der Waals surface area contributed by atoms with Crippen molar-refractivity contribution in [3.63, 3.8) is 0 Å². The summed E-state index contributed by atoms with van der Waals surface area (Å²) in [4.78, 5) is 23.9. The molecule has 3 aromatic carbocycles. The lowest BCUT2D eigenvalue weighted by atomic mass is 9.80. The second-order valence-electron chi connectivity index (χ2n) is 11.4. The summed E-state index contributed by atoms with van der Waals surface area (Å²) >= 11 is 0. The molecule has 2 aliphatic heterocycles. The summed E-state index contributed by atoms with van der Waals surface area (Å²) in [5, 5.41) is 10.0. The van der Waals surface area contributed by atoms with Gasteiger partial charge in [-0.05, 0) is 61.9 Å². The third kappa shape index (κ3) is 5.29. The minimum atomic E-state index is -4.56. The van der Waals surface area contributed by atoms with Crippen LogP contribution in [0.2, 0.25) is 0 Å². The molecular formula is C36H37N5O6S. The summed E-state index contributed by atoms with van der Waals surface area (Å²) in [5.41, 5.74) is 1.72. The Labute approximate surface area is 280 Å². The van der Waals surface area contributed by atoms with Gasteiger partial charge in [0.1, 0.15) is 22.1 Å². The zero-order chi connectivity index (χ0) is 34.1. The van der Waals surface area contributed by atoms with E-state index in [9.17, 15) is 13.7 Å². The van der Waals surface area contributed by atoms with Gasteiger partial charge in [0, 0.05) is 61.0 Å². The minimum Gasteiger partial charge on any atom is -0.497 e. The minimum absolute atomic E-state index is 0.0296. The zero-order valence-electron chi connectivity index (χ0n) is 27.3. The monoisotopic (exact) mass is 667 g/mol. The summed E-state index contributed by atoms with van der Waals surface area (Å²) in [6.45, 7) is 6.18. The molecule has 0 radical (unpaired) electrons. The molecule has 4 aromatic rings. The van der Waals surface area contributed by atoms with Gasteiger partial charge in [-0.25, -0.2) is 12.7 Å². The number of aryl methyl sites for hydroxylation is 1. The van der Waals surface area contributed by atoms with Gasteiger partial charge < -0.3 is 19.1 Å². The van der Waals surface area contributed by atoms with Crippen LogP contribution in [0.25, 0.3) is 0 Å². The van der Waals surface area contributed by atoms with Gasteiger partial charge in [-0.2, -0.15) is 5.26 Å². The third-order valence-electron chi connectivity index (χ3n) is 8.98. The van der Waals surface area contributed by atoms with Crippen LogP contribution in [0.5, 0.6) is 17.2 Å². The van der Waals surface area contributed by atoms with E-state index in [2.05, 4.69) is 28.9 Å². The van der Waals surface area contributed by atoms with Crippen LogP contribution in [0.4, 0.5) is 11.4 Å². The number of para-hydroxylation sites is 1. The van der Waals surface area contributed by atoms with Crippen LogP contribution in [-0.2, 0) is 26.8 Å². The lowest BCUT2D eigenvalue weighted by Gasteiger charge is -2.46. The molecule has 0 bridgehead atoms. The highest BCUT2D eigenvalue weighted by Gasteiger charge is 2.61. The summed E-state index contributed by atoms with van der Waals surface area (Å²) in [6.07, 6.45) is 2.61.